The lowest BCUT2D eigenvalue weighted by Gasteiger charge is -2.21. The van der Waals surface area contributed by atoms with Crippen LogP contribution >= 0.6 is 60.6 Å². The summed E-state index contributed by atoms with van der Waals surface area (Å²) in [6, 6.07) is 14.4. The van der Waals surface area contributed by atoms with E-state index >= 15 is 0 Å². The minimum atomic E-state index is -0.0772. The summed E-state index contributed by atoms with van der Waals surface area (Å²) in [6.07, 6.45) is 0. The molecule has 266 valence electrons. The van der Waals surface area contributed by atoms with Crippen LogP contribution in [0.3, 0.4) is 0 Å². The minimum absolute atomic E-state index is 0.0716. The second-order valence-electron chi connectivity index (χ2n) is 11.1. The molecule has 0 heterocycles. The summed E-state index contributed by atoms with van der Waals surface area (Å²) < 4.78 is 27.8. The van der Waals surface area contributed by atoms with Gasteiger partial charge in [0, 0.05) is 94.8 Å². The van der Waals surface area contributed by atoms with Crippen LogP contribution in [0.1, 0.15) is 22.3 Å². The Labute approximate surface area is 324 Å². The number of phenolic OH excluding ortho intramolecular Hbond substituents is 4. The van der Waals surface area contributed by atoms with Crippen molar-refractivity contribution in [2.45, 2.75) is 27.7 Å². The van der Waals surface area contributed by atoms with E-state index in [0.717, 1.165) is 44.6 Å². The van der Waals surface area contributed by atoms with Crippen LogP contribution in [0, 0.1) is 27.7 Å². The Balaban J connectivity index is 0.000000225. The van der Waals surface area contributed by atoms with E-state index in [1.807, 2.05) is 57.2 Å². The summed E-state index contributed by atoms with van der Waals surface area (Å²) in [5.74, 6) is 2.03. The van der Waals surface area contributed by atoms with Crippen LogP contribution in [0.15, 0.2) is 48.5 Å². The monoisotopic (exact) mass is 944 g/mol. The van der Waals surface area contributed by atoms with Crippen LogP contribution < -0.4 is 28.4 Å². The third-order valence-corrected chi connectivity index (χ3v) is 10.2. The molecule has 5 aromatic rings. The third kappa shape index (κ3) is 7.72. The minimum Gasteiger partial charge on any atom is -0.507 e. The number of rotatable bonds is 10. The number of ether oxygens (including phenoxy) is 4. The van der Waals surface area contributed by atoms with Crippen molar-refractivity contribution in [1.29, 1.82) is 0 Å². The van der Waals surface area contributed by atoms with Crippen LogP contribution in [-0.4, -0.2) is 48.9 Å². The lowest BCUT2D eigenvalue weighted by molar-refractivity contribution is 0.321. The highest BCUT2D eigenvalue weighted by molar-refractivity contribution is 14.2. The van der Waals surface area contributed by atoms with E-state index in [0.29, 0.717) is 39.3 Å². The predicted molar refractivity (Wildman–Crippen MR) is 224 cm³/mol. The molecule has 6 N–H and O–H groups in total. The third-order valence-electron chi connectivity index (χ3n) is 8.31. The fourth-order valence-electron chi connectivity index (χ4n) is 5.78. The van der Waals surface area contributed by atoms with Gasteiger partial charge in [0.15, 0.2) is 11.5 Å². The summed E-state index contributed by atoms with van der Waals surface area (Å²) in [5, 5.41) is 44.4. The Hall–Kier alpha value is -3.48. The van der Waals surface area contributed by atoms with Gasteiger partial charge in [-0.15, -0.1) is 0 Å². The molecule has 0 saturated carbocycles. The Morgan fingerprint density at radius 3 is 1.58 bits per heavy atom. The summed E-state index contributed by atoms with van der Waals surface area (Å²) in [7, 11) is 8.94. The van der Waals surface area contributed by atoms with E-state index in [1.165, 1.54) is 45.6 Å². The molecule has 14 heteroatoms. The van der Waals surface area contributed by atoms with Crippen molar-refractivity contribution in [1.82, 2.24) is 0 Å². The van der Waals surface area contributed by atoms with Gasteiger partial charge in [0.05, 0.1) is 34.0 Å². The molecule has 0 aliphatic rings. The number of phenols is 4. The van der Waals surface area contributed by atoms with Gasteiger partial charge < -0.3 is 48.8 Å². The highest BCUT2D eigenvalue weighted by Gasteiger charge is 2.27. The molecular formula is C36H38I2N2O8S2. The molecule has 10 nitrogen and oxygen atoms in total. The first-order valence-corrected chi connectivity index (χ1v) is 21.7. The van der Waals surface area contributed by atoms with Crippen LogP contribution in [0.4, 0.5) is 11.4 Å². The number of benzene rings is 5. The summed E-state index contributed by atoms with van der Waals surface area (Å²) >= 11 is 4.29. The fraction of sp³-hybridized carbons (Fsp3) is 0.222. The smallest absolute Gasteiger partial charge is 0.204 e. The molecule has 0 radical (unpaired) electrons. The molecular weight excluding hydrogens is 906 g/mol. The quantitative estimate of drug-likeness (QED) is 0.0451. The second kappa shape index (κ2) is 17.2. The van der Waals surface area contributed by atoms with Crippen molar-refractivity contribution in [3.63, 3.8) is 0 Å². The number of aromatic hydroxyl groups is 4. The zero-order valence-corrected chi connectivity index (χ0v) is 34.6. The Morgan fingerprint density at radius 2 is 1.10 bits per heavy atom. The van der Waals surface area contributed by atoms with Gasteiger partial charge in [-0.1, -0.05) is 6.07 Å². The number of hydrogen-bond acceptors (Lipinski definition) is 12. The summed E-state index contributed by atoms with van der Waals surface area (Å²) in [4.78, 5) is 0. The van der Waals surface area contributed by atoms with E-state index in [4.69, 9.17) is 18.9 Å². The Morgan fingerprint density at radius 1 is 0.560 bits per heavy atom. The molecule has 0 aromatic heterocycles. The van der Waals surface area contributed by atoms with E-state index in [2.05, 4.69) is 51.9 Å². The van der Waals surface area contributed by atoms with Crippen molar-refractivity contribution in [2.75, 3.05) is 37.9 Å². The first-order valence-electron chi connectivity index (χ1n) is 14.9. The summed E-state index contributed by atoms with van der Waals surface area (Å²) in [6.45, 7) is 7.45. The van der Waals surface area contributed by atoms with Crippen molar-refractivity contribution >= 4 is 82.8 Å². The lowest BCUT2D eigenvalue weighted by atomic mass is 9.91. The molecule has 0 aliphatic carbocycles. The van der Waals surface area contributed by atoms with Gasteiger partial charge in [-0.2, -0.15) is 0 Å². The Bertz CT molecular complexity index is 2050. The van der Waals surface area contributed by atoms with Gasteiger partial charge in [0.25, 0.3) is 0 Å². The summed E-state index contributed by atoms with van der Waals surface area (Å²) in [5.41, 5.74) is 6.91. The van der Waals surface area contributed by atoms with Crippen molar-refractivity contribution in [3.8, 4) is 68.2 Å². The standard InChI is InChI=1S/C19H18INO3S.C17H20INO5S/c1-10-8-15(21-25-20)11(2)17(19(10)23)18-14-6-5-13(24-3)9-12(14)4-7-16(18)22;1-8-6-10(19-25-18)9(2)13(15(8)21)14-11(20)7-12(22-3)16(23-4)17(14)24-5/h4-9,21-23H,1-3H3;6-7,19-21H,1-5H3. The SMILES string of the molecule is COc1cc(O)c(-c2c(C)c(NSI)cc(C)c2O)c(OC)c1OC.COc1ccc2c(-c3c(C)c(NSI)cc(C)c3O)c(O)ccc2c1. The molecule has 0 bridgehead atoms. The molecule has 0 saturated heterocycles. The van der Waals surface area contributed by atoms with E-state index < -0.39 is 0 Å². The number of fused-ring (bicyclic) bond motifs is 1. The predicted octanol–water partition coefficient (Wildman–Crippen LogP) is 10.8. The van der Waals surface area contributed by atoms with Crippen molar-refractivity contribution in [2.24, 2.45) is 0 Å². The molecule has 5 rings (SSSR count). The number of halogens is 2. The number of hydrogen-bond donors (Lipinski definition) is 6. The molecule has 0 spiro atoms. The molecule has 0 amide bonds. The van der Waals surface area contributed by atoms with Crippen LogP contribution in [-0.2, 0) is 0 Å². The van der Waals surface area contributed by atoms with E-state index in [1.54, 1.807) is 20.1 Å². The number of nitrogens with one attached hydrogen (secondary N) is 2. The zero-order chi connectivity index (χ0) is 36.9. The second-order valence-corrected chi connectivity index (χ2v) is 14.5. The van der Waals surface area contributed by atoms with Crippen molar-refractivity contribution in [3.05, 3.63) is 70.8 Å². The number of methoxy groups -OCH3 is 4. The zero-order valence-electron chi connectivity index (χ0n) is 28.6. The molecule has 5 aromatic carbocycles. The van der Waals surface area contributed by atoms with Gasteiger partial charge in [0.2, 0.25) is 5.75 Å². The molecule has 0 aliphatic heterocycles. The first-order chi connectivity index (χ1) is 23.9. The maximum absolute atomic E-state index is 10.7. The van der Waals surface area contributed by atoms with Gasteiger partial charge in [-0.25, -0.2) is 0 Å². The highest BCUT2D eigenvalue weighted by atomic mass is 127. The largest absolute Gasteiger partial charge is 0.507 e. The Kier molecular flexibility index (Phi) is 13.5. The van der Waals surface area contributed by atoms with Crippen molar-refractivity contribution < 1.29 is 39.4 Å². The maximum Gasteiger partial charge on any atom is 0.204 e. The average molecular weight is 945 g/mol. The van der Waals surface area contributed by atoms with Gasteiger partial charge in [-0.3, -0.25) is 0 Å². The van der Waals surface area contributed by atoms with Crippen LogP contribution in [0.25, 0.3) is 33.0 Å². The highest BCUT2D eigenvalue weighted by Crippen LogP contribution is 2.54. The van der Waals surface area contributed by atoms with Crippen LogP contribution in [0.2, 0.25) is 0 Å². The maximum atomic E-state index is 10.7. The average Bonchev–Trinajstić information content (AvgIpc) is 3.10. The van der Waals surface area contributed by atoms with Crippen LogP contribution in [0.5, 0.6) is 46.0 Å². The topological polar surface area (TPSA) is 142 Å². The molecule has 0 atom stereocenters. The van der Waals surface area contributed by atoms with E-state index in [-0.39, 0.29) is 28.7 Å². The normalized spacial score (nSPS) is 10.7. The number of aryl methyl sites for hydroxylation is 2. The van der Waals surface area contributed by atoms with Gasteiger partial charge >= 0.3 is 0 Å². The number of anilines is 2. The molecule has 0 unspecified atom stereocenters. The van der Waals surface area contributed by atoms with E-state index in [9.17, 15) is 20.4 Å². The molecule has 0 fully saturated rings. The van der Waals surface area contributed by atoms with Gasteiger partial charge in [0.1, 0.15) is 28.7 Å². The lowest BCUT2D eigenvalue weighted by Crippen LogP contribution is -2.00. The first kappa shape index (κ1) is 39.3. The van der Waals surface area contributed by atoms with Gasteiger partial charge in [-0.05, 0) is 97.1 Å². The fourth-order valence-corrected chi connectivity index (χ4v) is 7.80. The molecule has 50 heavy (non-hydrogen) atoms.